The molecule has 1 atom stereocenters. The third-order valence-corrected chi connectivity index (χ3v) is 6.12. The van der Waals surface area contributed by atoms with Gasteiger partial charge in [-0.2, -0.15) is 13.2 Å². The second kappa shape index (κ2) is 8.11. The summed E-state index contributed by atoms with van der Waals surface area (Å²) in [5, 5.41) is 0. The van der Waals surface area contributed by atoms with Crippen LogP contribution in [-0.4, -0.2) is 25.2 Å². The van der Waals surface area contributed by atoms with Gasteiger partial charge in [0.15, 0.2) is 5.41 Å². The second-order valence-corrected chi connectivity index (χ2v) is 8.03. The van der Waals surface area contributed by atoms with Crippen molar-refractivity contribution in [1.82, 2.24) is 0 Å². The van der Waals surface area contributed by atoms with Crippen LogP contribution in [0.4, 0.5) is 13.2 Å². The Hall–Kier alpha value is -3.09. The predicted molar refractivity (Wildman–Crippen MR) is 112 cm³/mol. The summed E-state index contributed by atoms with van der Waals surface area (Å²) in [5.41, 5.74) is 1.25. The van der Waals surface area contributed by atoms with Gasteiger partial charge in [0.25, 0.3) is 0 Å². The largest absolute Gasteiger partial charge is 0.465 e. The van der Waals surface area contributed by atoms with Gasteiger partial charge in [-0.25, -0.2) is 0 Å². The van der Waals surface area contributed by atoms with Crippen LogP contribution in [0.5, 0.6) is 0 Å². The van der Waals surface area contributed by atoms with E-state index in [4.69, 9.17) is 9.47 Å². The van der Waals surface area contributed by atoms with Crippen LogP contribution in [0, 0.1) is 11.3 Å². The first-order valence-corrected chi connectivity index (χ1v) is 10.6. The van der Waals surface area contributed by atoms with Crippen molar-refractivity contribution in [2.75, 3.05) is 13.2 Å². The lowest BCUT2D eigenvalue weighted by Gasteiger charge is -2.24. The van der Waals surface area contributed by atoms with Gasteiger partial charge >= 0.3 is 18.1 Å². The van der Waals surface area contributed by atoms with Crippen LogP contribution in [0.3, 0.4) is 0 Å². The van der Waals surface area contributed by atoms with E-state index in [0.29, 0.717) is 5.56 Å². The Kier molecular flexibility index (Phi) is 5.61. The minimum absolute atomic E-state index is 0.0873. The Bertz CT molecular complexity index is 1080. The van der Waals surface area contributed by atoms with Crippen LogP contribution in [0.2, 0.25) is 0 Å². The normalized spacial score (nSPS) is 18.5. The summed E-state index contributed by atoms with van der Waals surface area (Å²) in [6, 6.07) is 11.1. The number of esters is 2. The van der Waals surface area contributed by atoms with Crippen molar-refractivity contribution < 1.29 is 32.2 Å². The molecule has 4 rings (SSSR count). The molecular weight excluding hydrogens is 421 g/mol. The van der Waals surface area contributed by atoms with Crippen LogP contribution in [0.15, 0.2) is 48.5 Å². The highest BCUT2D eigenvalue weighted by Gasteiger charge is 2.54. The van der Waals surface area contributed by atoms with Crippen molar-refractivity contribution in [3.8, 4) is 11.1 Å². The fraction of sp³-hybridized carbons (Fsp3) is 0.360. The number of halogens is 3. The van der Waals surface area contributed by atoms with E-state index in [1.54, 1.807) is 19.9 Å². The van der Waals surface area contributed by atoms with Crippen molar-refractivity contribution in [1.29, 1.82) is 0 Å². The van der Waals surface area contributed by atoms with E-state index in [1.807, 2.05) is 24.3 Å². The van der Waals surface area contributed by atoms with E-state index < -0.39 is 29.1 Å². The first-order chi connectivity index (χ1) is 15.2. The van der Waals surface area contributed by atoms with E-state index in [1.165, 1.54) is 12.1 Å². The monoisotopic (exact) mass is 444 g/mol. The molecule has 0 aromatic heterocycles. The van der Waals surface area contributed by atoms with Crippen molar-refractivity contribution in [3.05, 3.63) is 65.2 Å². The van der Waals surface area contributed by atoms with Gasteiger partial charge in [-0.3, -0.25) is 9.59 Å². The number of allylic oxidation sites excluding steroid dienone is 1. The van der Waals surface area contributed by atoms with Gasteiger partial charge in [-0.05, 0) is 72.6 Å². The maximum atomic E-state index is 13.4. The molecule has 2 aliphatic carbocycles. The molecular formula is C25H23F3O4. The van der Waals surface area contributed by atoms with Gasteiger partial charge in [-0.1, -0.05) is 36.4 Å². The van der Waals surface area contributed by atoms with Gasteiger partial charge < -0.3 is 9.47 Å². The van der Waals surface area contributed by atoms with Gasteiger partial charge in [0.1, 0.15) is 0 Å². The average molecular weight is 444 g/mol. The number of hydrogen-bond acceptors (Lipinski definition) is 4. The summed E-state index contributed by atoms with van der Waals surface area (Å²) in [5.74, 6) is -1.73. The van der Waals surface area contributed by atoms with E-state index in [9.17, 15) is 22.8 Å². The molecule has 4 nitrogen and oxygen atoms in total. The topological polar surface area (TPSA) is 52.6 Å². The van der Waals surface area contributed by atoms with Crippen LogP contribution in [0.25, 0.3) is 16.7 Å². The van der Waals surface area contributed by atoms with Gasteiger partial charge in [-0.15, -0.1) is 0 Å². The zero-order valence-electron chi connectivity index (χ0n) is 17.8. The van der Waals surface area contributed by atoms with Crippen LogP contribution < -0.4 is 0 Å². The van der Waals surface area contributed by atoms with Gasteiger partial charge in [0, 0.05) is 0 Å². The van der Waals surface area contributed by atoms with Gasteiger partial charge in [0.05, 0.1) is 18.8 Å². The molecule has 0 fully saturated rings. The summed E-state index contributed by atoms with van der Waals surface area (Å²) >= 11 is 0. The van der Waals surface area contributed by atoms with E-state index in [0.717, 1.165) is 28.3 Å². The van der Waals surface area contributed by atoms with Crippen molar-refractivity contribution in [2.24, 2.45) is 11.3 Å². The van der Waals surface area contributed by atoms with Crippen molar-refractivity contribution in [3.63, 3.8) is 0 Å². The summed E-state index contributed by atoms with van der Waals surface area (Å²) in [7, 11) is 0. The highest BCUT2D eigenvalue weighted by Crippen LogP contribution is 2.52. The number of alkyl halides is 3. The quantitative estimate of drug-likeness (QED) is 0.465. The molecule has 0 amide bonds. The lowest BCUT2D eigenvalue weighted by molar-refractivity contribution is -0.168. The number of rotatable bonds is 4. The molecule has 0 bridgehead atoms. The number of hydrogen-bond donors (Lipinski definition) is 0. The molecule has 7 heteroatoms. The maximum absolute atomic E-state index is 13.4. The molecule has 2 aliphatic rings. The average Bonchev–Trinajstić information content (AvgIpc) is 3.08. The molecule has 0 saturated heterocycles. The molecule has 0 N–H and O–H groups in total. The second-order valence-electron chi connectivity index (χ2n) is 8.03. The molecule has 0 saturated carbocycles. The van der Waals surface area contributed by atoms with E-state index in [2.05, 4.69) is 0 Å². The van der Waals surface area contributed by atoms with Crippen molar-refractivity contribution >= 4 is 17.5 Å². The predicted octanol–water partition coefficient (Wildman–Crippen LogP) is 5.44. The third-order valence-electron chi connectivity index (χ3n) is 6.12. The Morgan fingerprint density at radius 1 is 0.969 bits per heavy atom. The highest BCUT2D eigenvalue weighted by atomic mass is 19.4. The molecule has 0 aliphatic heterocycles. The van der Waals surface area contributed by atoms with Crippen LogP contribution in [-0.2, 0) is 31.7 Å². The zero-order valence-corrected chi connectivity index (χ0v) is 17.8. The Balaban J connectivity index is 1.89. The summed E-state index contributed by atoms with van der Waals surface area (Å²) in [6.45, 7) is 3.51. The summed E-state index contributed by atoms with van der Waals surface area (Å²) in [4.78, 5) is 25.9. The Labute approximate surface area is 184 Å². The first-order valence-electron chi connectivity index (χ1n) is 10.6. The molecule has 2 aromatic rings. The highest BCUT2D eigenvalue weighted by molar-refractivity contribution is 6.06. The van der Waals surface area contributed by atoms with Crippen LogP contribution in [0.1, 0.15) is 37.0 Å². The minimum atomic E-state index is -4.46. The number of benzene rings is 2. The number of ether oxygens (including phenoxy) is 2. The number of fused-ring (bicyclic) bond motifs is 5. The van der Waals surface area contributed by atoms with E-state index in [-0.39, 0.29) is 32.0 Å². The Morgan fingerprint density at radius 2 is 1.59 bits per heavy atom. The van der Waals surface area contributed by atoms with Gasteiger partial charge in [0.2, 0.25) is 0 Å². The lowest BCUT2D eigenvalue weighted by Crippen LogP contribution is -2.39. The summed E-state index contributed by atoms with van der Waals surface area (Å²) in [6.07, 6.45) is -2.50. The molecule has 1 unspecified atom stereocenters. The SMILES string of the molecule is CCOC(=O)C1(C(=O)OCC)C=C2c3ccccc3-c3ccc(C(F)(F)F)cc3CC2C1. The fourth-order valence-corrected chi connectivity index (χ4v) is 4.75. The van der Waals surface area contributed by atoms with Crippen molar-refractivity contribution in [2.45, 2.75) is 32.9 Å². The molecule has 32 heavy (non-hydrogen) atoms. The van der Waals surface area contributed by atoms with Crippen LogP contribution >= 0.6 is 0 Å². The zero-order chi connectivity index (χ0) is 23.1. The molecule has 2 aromatic carbocycles. The molecule has 168 valence electrons. The lowest BCUT2D eigenvalue weighted by atomic mass is 9.83. The standard InChI is InChI=1S/C25H23F3O4/c1-3-31-22(29)24(23(30)32-4-2)13-16-11-15-12-17(25(26,27)28)9-10-18(15)19-7-5-6-8-20(19)21(16)14-24/h5-10,12,14,16H,3-4,11,13H2,1-2H3. The maximum Gasteiger partial charge on any atom is 0.416 e. The molecule has 0 spiro atoms. The summed E-state index contributed by atoms with van der Waals surface area (Å²) < 4.78 is 50.6. The Morgan fingerprint density at radius 3 is 2.19 bits per heavy atom. The molecule has 0 heterocycles. The smallest absolute Gasteiger partial charge is 0.416 e. The minimum Gasteiger partial charge on any atom is -0.465 e. The number of carbonyl (C=O) groups excluding carboxylic acids is 2. The fourth-order valence-electron chi connectivity index (χ4n) is 4.75. The third kappa shape index (κ3) is 3.59. The number of carbonyl (C=O) groups is 2. The first kappa shape index (κ1) is 22.1. The van der Waals surface area contributed by atoms with E-state index >= 15 is 0 Å². The molecule has 0 radical (unpaired) electrons.